The third kappa shape index (κ3) is 3.27. The second kappa shape index (κ2) is 7.80. The van der Waals surface area contributed by atoms with Gasteiger partial charge < -0.3 is 0 Å². The Labute approximate surface area is 200 Å². The molecule has 3 aromatic carbocycles. The molecule has 1 aliphatic heterocycles. The van der Waals surface area contributed by atoms with E-state index in [1.54, 1.807) is 0 Å². The molecule has 2 bridgehead atoms. The topological polar surface area (TPSA) is 37.4 Å². The number of hydrogen-bond donors (Lipinski definition) is 0. The van der Waals surface area contributed by atoms with Crippen LogP contribution in [0.3, 0.4) is 0 Å². The fourth-order valence-electron chi connectivity index (χ4n) is 5.88. The van der Waals surface area contributed by atoms with Gasteiger partial charge in [-0.05, 0) is 40.5 Å². The summed E-state index contributed by atoms with van der Waals surface area (Å²) in [5.74, 6) is -2.68. The van der Waals surface area contributed by atoms with Gasteiger partial charge in [0.25, 0.3) is 0 Å². The van der Waals surface area contributed by atoms with Gasteiger partial charge in [-0.15, -0.1) is 0 Å². The van der Waals surface area contributed by atoms with Gasteiger partial charge in [-0.2, -0.15) is 13.2 Å². The fourth-order valence-corrected chi connectivity index (χ4v) is 5.88. The lowest BCUT2D eigenvalue weighted by molar-refractivity contribution is -0.137. The standard InChI is InChI=1S/C29H20F3NO2/c30-29(31,32)19-12-7-13-20(16-19)33-27(34)25-21-14-15-22(26(25)28(33)35)24(21)23(17-8-3-1-4-9-17)18-10-5-2-6-11-18/h1-16,21-22,25-26H/t21-,22-,25-,26-/m1/s1. The zero-order valence-corrected chi connectivity index (χ0v) is 18.4. The lowest BCUT2D eigenvalue weighted by Crippen LogP contribution is -2.33. The van der Waals surface area contributed by atoms with E-state index in [4.69, 9.17) is 0 Å². The second-order valence-corrected chi connectivity index (χ2v) is 9.11. The number of anilines is 1. The van der Waals surface area contributed by atoms with Crippen molar-refractivity contribution in [1.82, 2.24) is 0 Å². The Morgan fingerprint density at radius 3 is 1.69 bits per heavy atom. The molecule has 35 heavy (non-hydrogen) atoms. The Hall–Kier alpha value is -3.93. The first-order chi connectivity index (χ1) is 16.9. The number of halogens is 3. The van der Waals surface area contributed by atoms with Crippen LogP contribution in [0.25, 0.3) is 5.57 Å². The Balaban J connectivity index is 1.45. The number of alkyl halides is 3. The number of amides is 2. The molecular weight excluding hydrogens is 451 g/mol. The zero-order valence-electron chi connectivity index (χ0n) is 18.4. The second-order valence-electron chi connectivity index (χ2n) is 9.11. The summed E-state index contributed by atoms with van der Waals surface area (Å²) in [5, 5.41) is 0. The van der Waals surface area contributed by atoms with Crippen LogP contribution in [0.1, 0.15) is 16.7 Å². The fraction of sp³-hybridized carbons (Fsp3) is 0.172. The highest BCUT2D eigenvalue weighted by Gasteiger charge is 2.62. The number of hydrogen-bond acceptors (Lipinski definition) is 2. The van der Waals surface area contributed by atoms with E-state index in [2.05, 4.69) is 0 Å². The number of carbonyl (C=O) groups is 2. The van der Waals surface area contributed by atoms with Crippen molar-refractivity contribution in [2.24, 2.45) is 23.7 Å². The van der Waals surface area contributed by atoms with Crippen molar-refractivity contribution >= 4 is 23.1 Å². The molecule has 6 heteroatoms. The van der Waals surface area contributed by atoms with Gasteiger partial charge in [0.05, 0.1) is 23.1 Å². The largest absolute Gasteiger partial charge is 0.416 e. The minimum atomic E-state index is -4.56. The van der Waals surface area contributed by atoms with Gasteiger partial charge >= 0.3 is 6.18 Å². The van der Waals surface area contributed by atoms with Crippen LogP contribution in [0.5, 0.6) is 0 Å². The molecule has 0 spiro atoms. The molecule has 0 unspecified atom stereocenters. The SMILES string of the molecule is O=C1[C@H]2[C@H](C(=O)N1c1cccc(C(F)(F)F)c1)[C@@H]1C=C[C@@H]2C1=C(c1ccccc1)c1ccccc1. The molecule has 174 valence electrons. The average molecular weight is 471 g/mol. The predicted octanol–water partition coefficient (Wildman–Crippen LogP) is 6.13. The lowest BCUT2D eigenvalue weighted by Gasteiger charge is -2.22. The first-order valence-electron chi connectivity index (χ1n) is 11.4. The van der Waals surface area contributed by atoms with Crippen LogP contribution < -0.4 is 4.90 Å². The highest BCUT2D eigenvalue weighted by atomic mass is 19.4. The van der Waals surface area contributed by atoms with Crippen molar-refractivity contribution in [3.05, 3.63) is 119 Å². The number of benzene rings is 3. The number of carbonyl (C=O) groups excluding carboxylic acids is 2. The molecule has 0 radical (unpaired) electrons. The van der Waals surface area contributed by atoms with E-state index in [0.717, 1.165) is 39.3 Å². The summed E-state index contributed by atoms with van der Waals surface area (Å²) in [6, 6.07) is 24.2. The highest BCUT2D eigenvalue weighted by molar-refractivity contribution is 6.23. The molecular formula is C29H20F3NO2. The Morgan fingerprint density at radius 2 is 1.20 bits per heavy atom. The van der Waals surface area contributed by atoms with Crippen LogP contribution >= 0.6 is 0 Å². The summed E-state index contributed by atoms with van der Waals surface area (Å²) in [5.41, 5.74) is 3.13. The van der Waals surface area contributed by atoms with E-state index in [9.17, 15) is 22.8 Å². The predicted molar refractivity (Wildman–Crippen MR) is 126 cm³/mol. The number of rotatable bonds is 3. The maximum absolute atomic E-state index is 13.6. The van der Waals surface area contributed by atoms with E-state index in [-0.39, 0.29) is 17.5 Å². The van der Waals surface area contributed by atoms with E-state index in [1.165, 1.54) is 12.1 Å². The van der Waals surface area contributed by atoms with Gasteiger partial charge in [0, 0.05) is 11.8 Å². The molecule has 0 aromatic heterocycles. The molecule has 2 aliphatic carbocycles. The summed E-state index contributed by atoms with van der Waals surface area (Å²) in [4.78, 5) is 28.1. The summed E-state index contributed by atoms with van der Waals surface area (Å²) in [6.45, 7) is 0. The van der Waals surface area contributed by atoms with Gasteiger partial charge in [-0.3, -0.25) is 9.59 Å². The number of fused-ring (bicyclic) bond motifs is 5. The number of imide groups is 1. The molecule has 1 saturated carbocycles. The van der Waals surface area contributed by atoms with Crippen molar-refractivity contribution in [3.8, 4) is 0 Å². The van der Waals surface area contributed by atoms with Crippen LogP contribution in [0.2, 0.25) is 0 Å². The Morgan fingerprint density at radius 1 is 0.686 bits per heavy atom. The molecule has 6 rings (SSSR count). The van der Waals surface area contributed by atoms with Gasteiger partial charge in [0.15, 0.2) is 0 Å². The third-order valence-electron chi connectivity index (χ3n) is 7.26. The molecule has 1 heterocycles. The van der Waals surface area contributed by atoms with Crippen molar-refractivity contribution in [3.63, 3.8) is 0 Å². The molecule has 4 atom stereocenters. The molecule has 3 nitrogen and oxygen atoms in total. The minimum Gasteiger partial charge on any atom is -0.274 e. The molecule has 2 amide bonds. The third-order valence-corrected chi connectivity index (χ3v) is 7.26. The molecule has 3 aliphatic rings. The average Bonchev–Trinajstić information content (AvgIpc) is 3.49. The van der Waals surface area contributed by atoms with Crippen molar-refractivity contribution < 1.29 is 22.8 Å². The van der Waals surface area contributed by atoms with Crippen LogP contribution in [-0.2, 0) is 15.8 Å². The summed E-state index contributed by atoms with van der Waals surface area (Å²) in [7, 11) is 0. The van der Waals surface area contributed by atoms with Crippen LogP contribution in [0.4, 0.5) is 18.9 Å². The first kappa shape index (κ1) is 21.6. The van der Waals surface area contributed by atoms with E-state index >= 15 is 0 Å². The molecule has 2 fully saturated rings. The summed E-state index contributed by atoms with van der Waals surface area (Å²) >= 11 is 0. The summed E-state index contributed by atoms with van der Waals surface area (Å²) in [6.07, 6.45) is -0.601. The van der Waals surface area contributed by atoms with E-state index in [1.807, 2.05) is 72.8 Å². The quantitative estimate of drug-likeness (QED) is 0.341. The van der Waals surface area contributed by atoms with Crippen LogP contribution in [-0.4, -0.2) is 11.8 Å². The highest BCUT2D eigenvalue weighted by Crippen LogP contribution is 2.59. The molecule has 0 N–H and O–H groups in total. The van der Waals surface area contributed by atoms with Gasteiger partial charge in [-0.1, -0.05) is 78.9 Å². The van der Waals surface area contributed by atoms with Gasteiger partial charge in [-0.25, -0.2) is 4.90 Å². The van der Waals surface area contributed by atoms with Crippen molar-refractivity contribution in [2.45, 2.75) is 6.18 Å². The van der Waals surface area contributed by atoms with Crippen molar-refractivity contribution in [2.75, 3.05) is 4.90 Å². The minimum absolute atomic E-state index is 0.0273. The number of allylic oxidation sites excluding steroid dienone is 3. The summed E-state index contributed by atoms with van der Waals surface area (Å²) < 4.78 is 39.8. The monoisotopic (exact) mass is 471 g/mol. The van der Waals surface area contributed by atoms with Crippen LogP contribution in [0.15, 0.2) is 103 Å². The molecule has 1 saturated heterocycles. The number of nitrogens with zero attached hydrogens (tertiary/aromatic N) is 1. The van der Waals surface area contributed by atoms with E-state index < -0.39 is 35.4 Å². The first-order valence-corrected chi connectivity index (χ1v) is 11.4. The maximum atomic E-state index is 13.6. The Kier molecular flexibility index (Phi) is 4.81. The lowest BCUT2D eigenvalue weighted by atomic mass is 9.85. The maximum Gasteiger partial charge on any atom is 0.416 e. The van der Waals surface area contributed by atoms with Crippen LogP contribution in [0, 0.1) is 23.7 Å². The zero-order chi connectivity index (χ0) is 24.3. The van der Waals surface area contributed by atoms with Crippen molar-refractivity contribution in [1.29, 1.82) is 0 Å². The Bertz CT molecular complexity index is 1320. The van der Waals surface area contributed by atoms with E-state index in [0.29, 0.717) is 0 Å². The smallest absolute Gasteiger partial charge is 0.274 e. The normalized spacial score (nSPS) is 24.9. The van der Waals surface area contributed by atoms with Gasteiger partial charge in [0.2, 0.25) is 11.8 Å². The molecule has 3 aromatic rings. The van der Waals surface area contributed by atoms with Gasteiger partial charge in [0.1, 0.15) is 0 Å².